The van der Waals surface area contributed by atoms with Gasteiger partial charge < -0.3 is 21.3 Å². The largest absolute Gasteiger partial charge is 0.338 e. The Labute approximate surface area is 182 Å². The van der Waals surface area contributed by atoms with Crippen molar-refractivity contribution in [3.63, 3.8) is 0 Å². The van der Waals surface area contributed by atoms with Crippen LogP contribution in [-0.2, 0) is 0 Å². The predicted molar refractivity (Wildman–Crippen MR) is 121 cm³/mol. The normalized spacial score (nSPS) is 19.5. The van der Waals surface area contributed by atoms with E-state index in [1.165, 1.54) is 12.8 Å². The molecule has 0 spiro atoms. The summed E-state index contributed by atoms with van der Waals surface area (Å²) in [6, 6.07) is -0.336. The molecule has 0 aromatic heterocycles. The van der Waals surface area contributed by atoms with Gasteiger partial charge in [-0.1, -0.05) is 63.2 Å². The number of hydrogen-bond donors (Lipinski definition) is 4. The maximum Gasteiger partial charge on any atom is 0.315 e. The second-order valence-corrected chi connectivity index (χ2v) is 8.75. The Hall–Kier alpha value is -2.34. The first-order chi connectivity index (χ1) is 14.5. The number of urea groups is 2. The van der Waals surface area contributed by atoms with Gasteiger partial charge >= 0.3 is 12.1 Å². The van der Waals surface area contributed by atoms with E-state index < -0.39 is 11.1 Å². The van der Waals surface area contributed by atoms with Gasteiger partial charge in [-0.3, -0.25) is 0 Å². The SMILES string of the molecule is C#CC1(NC(=O)NCCCCCCNC(=O)NC2(C#C)CCCCC2)CCCCC1. The average molecular weight is 415 g/mol. The lowest BCUT2D eigenvalue weighted by atomic mass is 9.82. The Morgan fingerprint density at radius 1 is 0.633 bits per heavy atom. The molecular weight excluding hydrogens is 376 g/mol. The monoisotopic (exact) mass is 414 g/mol. The molecule has 0 aromatic rings. The first-order valence-electron chi connectivity index (χ1n) is 11.6. The highest BCUT2D eigenvalue weighted by Gasteiger charge is 2.32. The third-order valence-electron chi connectivity index (χ3n) is 6.35. The molecule has 0 unspecified atom stereocenters. The van der Waals surface area contributed by atoms with Gasteiger partial charge in [0.2, 0.25) is 0 Å². The van der Waals surface area contributed by atoms with E-state index in [-0.39, 0.29) is 12.1 Å². The third-order valence-corrected chi connectivity index (χ3v) is 6.35. The van der Waals surface area contributed by atoms with Crippen molar-refractivity contribution in [2.24, 2.45) is 0 Å². The van der Waals surface area contributed by atoms with Crippen LogP contribution in [0.15, 0.2) is 0 Å². The molecule has 0 bridgehead atoms. The Morgan fingerprint density at radius 3 is 1.33 bits per heavy atom. The first kappa shape index (κ1) is 23.9. The maximum atomic E-state index is 12.1. The van der Waals surface area contributed by atoms with Gasteiger partial charge in [0.1, 0.15) is 11.1 Å². The van der Waals surface area contributed by atoms with Gasteiger partial charge in [0.05, 0.1) is 0 Å². The van der Waals surface area contributed by atoms with Crippen molar-refractivity contribution in [1.82, 2.24) is 21.3 Å². The fourth-order valence-corrected chi connectivity index (χ4v) is 4.45. The fourth-order valence-electron chi connectivity index (χ4n) is 4.45. The number of amides is 4. The minimum absolute atomic E-state index is 0.168. The standard InChI is InChI=1S/C24H38N4O2/c1-3-23(15-9-7-10-16-23)27-21(29)25-19-13-5-6-14-20-26-22(30)28-24(4-2)17-11-8-12-18-24/h1-2H,5-20H2,(H2,25,27,29)(H2,26,28,30). The predicted octanol–water partition coefficient (Wildman–Crippen LogP) is 3.82. The Bertz CT molecular complexity index is 579. The lowest BCUT2D eigenvalue weighted by Gasteiger charge is -2.33. The van der Waals surface area contributed by atoms with E-state index in [2.05, 4.69) is 33.1 Å². The minimum Gasteiger partial charge on any atom is -0.338 e. The third kappa shape index (κ3) is 7.82. The molecule has 4 N–H and O–H groups in total. The van der Waals surface area contributed by atoms with Crippen LogP contribution in [0.5, 0.6) is 0 Å². The molecule has 0 heterocycles. The molecule has 0 radical (unpaired) electrons. The van der Waals surface area contributed by atoms with Gasteiger partial charge in [-0.05, 0) is 38.5 Å². The number of hydrogen-bond acceptors (Lipinski definition) is 2. The smallest absolute Gasteiger partial charge is 0.315 e. The van der Waals surface area contributed by atoms with E-state index in [0.717, 1.165) is 77.0 Å². The molecule has 30 heavy (non-hydrogen) atoms. The zero-order valence-electron chi connectivity index (χ0n) is 18.3. The van der Waals surface area contributed by atoms with Crippen LogP contribution in [0, 0.1) is 24.7 Å². The number of carbonyl (C=O) groups is 2. The van der Waals surface area contributed by atoms with Crippen molar-refractivity contribution in [3.8, 4) is 24.7 Å². The summed E-state index contributed by atoms with van der Waals surface area (Å²) in [6.45, 7) is 1.26. The molecule has 2 rings (SSSR count). The minimum atomic E-state index is -0.468. The van der Waals surface area contributed by atoms with Crippen LogP contribution in [0.25, 0.3) is 0 Å². The van der Waals surface area contributed by atoms with Crippen LogP contribution in [0.3, 0.4) is 0 Å². The molecule has 0 atom stereocenters. The summed E-state index contributed by atoms with van der Waals surface area (Å²) in [4.78, 5) is 24.2. The molecule has 0 saturated heterocycles. The van der Waals surface area contributed by atoms with Crippen LogP contribution in [0.4, 0.5) is 9.59 Å². The van der Waals surface area contributed by atoms with Crippen LogP contribution < -0.4 is 21.3 Å². The van der Waals surface area contributed by atoms with E-state index >= 15 is 0 Å². The van der Waals surface area contributed by atoms with E-state index in [0.29, 0.717) is 13.1 Å². The van der Waals surface area contributed by atoms with Gasteiger partial charge in [-0.25, -0.2) is 9.59 Å². The molecule has 6 nitrogen and oxygen atoms in total. The van der Waals surface area contributed by atoms with Gasteiger partial charge in [-0.2, -0.15) is 0 Å². The van der Waals surface area contributed by atoms with Crippen molar-refractivity contribution >= 4 is 12.1 Å². The molecule has 0 aliphatic heterocycles. The number of unbranched alkanes of at least 4 members (excludes halogenated alkanes) is 3. The lowest BCUT2D eigenvalue weighted by molar-refractivity contribution is 0.221. The van der Waals surface area contributed by atoms with Gasteiger partial charge in [0.25, 0.3) is 0 Å². The van der Waals surface area contributed by atoms with Crippen molar-refractivity contribution in [2.45, 2.75) is 101 Å². The van der Waals surface area contributed by atoms with Crippen molar-refractivity contribution in [1.29, 1.82) is 0 Å². The van der Waals surface area contributed by atoms with Crippen molar-refractivity contribution < 1.29 is 9.59 Å². The highest BCUT2D eigenvalue weighted by molar-refractivity contribution is 5.75. The lowest BCUT2D eigenvalue weighted by Crippen LogP contribution is -2.52. The van der Waals surface area contributed by atoms with Crippen molar-refractivity contribution in [2.75, 3.05) is 13.1 Å². The Morgan fingerprint density at radius 2 is 1.00 bits per heavy atom. The number of carbonyl (C=O) groups excluding carboxylic acids is 2. The number of nitrogens with one attached hydrogen (secondary N) is 4. The summed E-state index contributed by atoms with van der Waals surface area (Å²) < 4.78 is 0. The summed E-state index contributed by atoms with van der Waals surface area (Å²) in [6.07, 6.45) is 25.2. The van der Waals surface area contributed by atoms with E-state index in [4.69, 9.17) is 12.8 Å². The van der Waals surface area contributed by atoms with Crippen LogP contribution in [0.1, 0.15) is 89.9 Å². The quantitative estimate of drug-likeness (QED) is 0.342. The zero-order chi connectivity index (χ0) is 21.7. The van der Waals surface area contributed by atoms with Gasteiger partial charge in [-0.15, -0.1) is 12.8 Å². The summed E-state index contributed by atoms with van der Waals surface area (Å²) >= 11 is 0. The molecule has 6 heteroatoms. The number of terminal acetylenes is 2. The van der Waals surface area contributed by atoms with Crippen LogP contribution >= 0.6 is 0 Å². The van der Waals surface area contributed by atoms with Crippen LogP contribution in [0.2, 0.25) is 0 Å². The average Bonchev–Trinajstić information content (AvgIpc) is 2.76. The molecule has 0 aromatic carbocycles. The van der Waals surface area contributed by atoms with Gasteiger partial charge in [0, 0.05) is 13.1 Å². The topological polar surface area (TPSA) is 82.3 Å². The maximum absolute atomic E-state index is 12.1. The molecule has 2 aliphatic carbocycles. The molecular formula is C24H38N4O2. The molecule has 2 fully saturated rings. The summed E-state index contributed by atoms with van der Waals surface area (Å²) in [7, 11) is 0. The molecule has 2 saturated carbocycles. The summed E-state index contributed by atoms with van der Waals surface area (Å²) in [5.74, 6) is 5.58. The zero-order valence-corrected chi connectivity index (χ0v) is 18.3. The van der Waals surface area contributed by atoms with Gasteiger partial charge in [0.15, 0.2) is 0 Å². The molecule has 166 valence electrons. The highest BCUT2D eigenvalue weighted by Crippen LogP contribution is 2.28. The van der Waals surface area contributed by atoms with Crippen LogP contribution in [-0.4, -0.2) is 36.2 Å². The molecule has 4 amide bonds. The molecule has 2 aliphatic rings. The fraction of sp³-hybridized carbons (Fsp3) is 0.750. The summed E-state index contributed by atoms with van der Waals surface area (Å²) in [5, 5.41) is 11.8. The number of rotatable bonds is 9. The van der Waals surface area contributed by atoms with E-state index in [9.17, 15) is 9.59 Å². The van der Waals surface area contributed by atoms with E-state index in [1.807, 2.05) is 0 Å². The van der Waals surface area contributed by atoms with Crippen molar-refractivity contribution in [3.05, 3.63) is 0 Å². The first-order valence-corrected chi connectivity index (χ1v) is 11.6. The summed E-state index contributed by atoms with van der Waals surface area (Å²) in [5.41, 5.74) is -0.936. The highest BCUT2D eigenvalue weighted by atomic mass is 16.2. The second-order valence-electron chi connectivity index (χ2n) is 8.75. The Kier molecular flexibility index (Phi) is 9.87. The van der Waals surface area contributed by atoms with E-state index in [1.54, 1.807) is 0 Å². The second kappa shape index (κ2) is 12.4. The Balaban J connectivity index is 1.49.